The monoisotopic (exact) mass is 373 g/mol. The Morgan fingerprint density at radius 1 is 1.35 bits per heavy atom. The second kappa shape index (κ2) is 8.84. The van der Waals surface area contributed by atoms with E-state index in [-0.39, 0.29) is 5.75 Å². The Bertz CT molecular complexity index is 784. The summed E-state index contributed by atoms with van der Waals surface area (Å²) in [7, 11) is 1.61. The molecule has 1 aromatic carbocycles. The summed E-state index contributed by atoms with van der Waals surface area (Å²) in [4.78, 5) is 10.8. The number of benzene rings is 1. The topological polar surface area (TPSA) is 92.4 Å². The number of hydrogen-bond donors (Lipinski definition) is 0. The van der Waals surface area contributed by atoms with Crippen LogP contribution in [0.4, 0.5) is 0 Å². The minimum absolute atomic E-state index is 0.188. The third-order valence-electron chi connectivity index (χ3n) is 4.38. The van der Waals surface area contributed by atoms with Gasteiger partial charge in [-0.25, -0.2) is 0 Å². The molecule has 138 valence electrons. The summed E-state index contributed by atoms with van der Waals surface area (Å²) in [5, 5.41) is 24.3. The molecule has 1 aromatic heterocycles. The maximum Gasteiger partial charge on any atom is 0.212 e. The Balaban J connectivity index is 1.92. The standard InChI is InChI=1S/C18H22N4O3S/c1-25-15-10-6-5-9-14(15)11-19-22-17(13-7-3-2-4-8-13)20-21-18(22)26-12-16(23)24/h5-6,9-11,13H,2-4,7-8,12H2,1H3,(H,23,24)/p-1/b19-11-. The summed E-state index contributed by atoms with van der Waals surface area (Å²) < 4.78 is 7.01. The molecule has 1 heterocycles. The van der Waals surface area contributed by atoms with Gasteiger partial charge in [0.1, 0.15) is 5.75 Å². The predicted octanol–water partition coefficient (Wildman–Crippen LogP) is 2.06. The number of para-hydroxylation sites is 1. The third-order valence-corrected chi connectivity index (χ3v) is 5.27. The zero-order valence-electron chi connectivity index (χ0n) is 14.6. The minimum atomic E-state index is -1.14. The fraction of sp³-hybridized carbons (Fsp3) is 0.444. The second-order valence-electron chi connectivity index (χ2n) is 6.13. The molecule has 0 saturated heterocycles. The molecule has 1 aliphatic rings. The van der Waals surface area contributed by atoms with Crippen LogP contribution in [0, 0.1) is 0 Å². The van der Waals surface area contributed by atoms with E-state index < -0.39 is 5.97 Å². The van der Waals surface area contributed by atoms with E-state index in [0.29, 0.717) is 16.8 Å². The molecule has 0 radical (unpaired) electrons. The fourth-order valence-electron chi connectivity index (χ4n) is 3.11. The number of carbonyl (C=O) groups excluding carboxylic acids is 1. The van der Waals surface area contributed by atoms with Gasteiger partial charge in [-0.3, -0.25) is 0 Å². The number of carboxylic acids is 1. The van der Waals surface area contributed by atoms with Crippen LogP contribution >= 0.6 is 11.8 Å². The lowest BCUT2D eigenvalue weighted by Gasteiger charge is -2.20. The minimum Gasteiger partial charge on any atom is -0.549 e. The normalized spacial score (nSPS) is 15.4. The molecule has 0 amide bonds. The molecular formula is C18H21N4O3S-. The fourth-order valence-corrected chi connectivity index (χ4v) is 3.72. The smallest absolute Gasteiger partial charge is 0.212 e. The molecule has 7 nitrogen and oxygen atoms in total. The van der Waals surface area contributed by atoms with Gasteiger partial charge in [0.2, 0.25) is 5.16 Å². The average Bonchev–Trinajstić information content (AvgIpc) is 3.08. The number of aromatic nitrogens is 3. The summed E-state index contributed by atoms with van der Waals surface area (Å²) in [6.07, 6.45) is 7.35. The van der Waals surface area contributed by atoms with E-state index in [1.165, 1.54) is 6.42 Å². The van der Waals surface area contributed by atoms with Crippen molar-refractivity contribution < 1.29 is 14.6 Å². The number of nitrogens with zero attached hydrogens (tertiary/aromatic N) is 4. The Kier molecular flexibility index (Phi) is 6.27. The van der Waals surface area contributed by atoms with Gasteiger partial charge in [0.25, 0.3) is 0 Å². The summed E-state index contributed by atoms with van der Waals surface area (Å²) in [6, 6.07) is 7.57. The molecule has 26 heavy (non-hydrogen) atoms. The Hall–Kier alpha value is -2.35. The number of rotatable bonds is 7. The maximum atomic E-state index is 10.8. The Labute approximate surface area is 156 Å². The predicted molar refractivity (Wildman–Crippen MR) is 97.6 cm³/mol. The first-order valence-electron chi connectivity index (χ1n) is 8.64. The zero-order chi connectivity index (χ0) is 18.4. The van der Waals surface area contributed by atoms with E-state index in [0.717, 1.165) is 48.8 Å². The number of aliphatic carboxylic acids is 1. The van der Waals surface area contributed by atoms with Crippen molar-refractivity contribution in [3.63, 3.8) is 0 Å². The summed E-state index contributed by atoms with van der Waals surface area (Å²) in [5.74, 6) is 0.470. The molecule has 0 N–H and O–H groups in total. The molecule has 8 heteroatoms. The van der Waals surface area contributed by atoms with Crippen LogP contribution in [0.25, 0.3) is 0 Å². The number of ether oxygens (including phenoxy) is 1. The molecule has 0 atom stereocenters. The summed E-state index contributed by atoms with van der Waals surface area (Å²) >= 11 is 1.07. The average molecular weight is 373 g/mol. The number of thioether (sulfide) groups is 1. The van der Waals surface area contributed by atoms with Crippen LogP contribution in [-0.4, -0.2) is 39.9 Å². The van der Waals surface area contributed by atoms with Gasteiger partial charge in [0.05, 0.1) is 19.3 Å². The zero-order valence-corrected chi connectivity index (χ0v) is 15.4. The second-order valence-corrected chi connectivity index (χ2v) is 7.08. The first-order valence-corrected chi connectivity index (χ1v) is 9.63. The number of carboxylic acid groups (broad SMARTS) is 1. The molecule has 1 aliphatic carbocycles. The van der Waals surface area contributed by atoms with E-state index in [1.54, 1.807) is 18.0 Å². The highest BCUT2D eigenvalue weighted by molar-refractivity contribution is 7.99. The molecule has 3 rings (SSSR count). The van der Waals surface area contributed by atoms with Gasteiger partial charge >= 0.3 is 0 Å². The summed E-state index contributed by atoms with van der Waals surface area (Å²) in [6.45, 7) is 0. The van der Waals surface area contributed by atoms with Crippen LogP contribution < -0.4 is 9.84 Å². The molecule has 1 saturated carbocycles. The molecule has 0 spiro atoms. The van der Waals surface area contributed by atoms with Crippen molar-refractivity contribution in [3.05, 3.63) is 35.7 Å². The van der Waals surface area contributed by atoms with Crippen molar-refractivity contribution in [1.82, 2.24) is 14.9 Å². The van der Waals surface area contributed by atoms with E-state index >= 15 is 0 Å². The van der Waals surface area contributed by atoms with E-state index in [4.69, 9.17) is 4.74 Å². The Morgan fingerprint density at radius 3 is 2.85 bits per heavy atom. The highest BCUT2D eigenvalue weighted by Gasteiger charge is 2.23. The van der Waals surface area contributed by atoms with Crippen molar-refractivity contribution in [3.8, 4) is 5.75 Å². The first kappa shape index (κ1) is 18.4. The SMILES string of the molecule is COc1ccccc1/C=N\n1c(SCC(=O)[O-])nnc1C1CCCCC1. The van der Waals surface area contributed by atoms with Gasteiger partial charge in [0, 0.05) is 17.2 Å². The maximum absolute atomic E-state index is 10.8. The largest absolute Gasteiger partial charge is 0.549 e. The van der Waals surface area contributed by atoms with Gasteiger partial charge in [-0.2, -0.15) is 9.78 Å². The molecule has 1 fully saturated rings. The first-order chi connectivity index (χ1) is 12.7. The molecule has 0 unspecified atom stereocenters. The van der Waals surface area contributed by atoms with E-state index in [9.17, 15) is 9.90 Å². The van der Waals surface area contributed by atoms with Crippen LogP contribution in [0.3, 0.4) is 0 Å². The molecular weight excluding hydrogens is 352 g/mol. The van der Waals surface area contributed by atoms with Crippen LogP contribution in [0.2, 0.25) is 0 Å². The highest BCUT2D eigenvalue weighted by Crippen LogP contribution is 2.33. The lowest BCUT2D eigenvalue weighted by molar-refractivity contribution is -0.301. The number of methoxy groups -OCH3 is 1. The molecule has 2 aromatic rings. The van der Waals surface area contributed by atoms with Gasteiger partial charge in [0.15, 0.2) is 5.82 Å². The van der Waals surface area contributed by atoms with Crippen molar-refractivity contribution >= 4 is 23.9 Å². The van der Waals surface area contributed by atoms with Crippen molar-refractivity contribution in [2.24, 2.45) is 5.10 Å². The highest BCUT2D eigenvalue weighted by atomic mass is 32.2. The lowest BCUT2D eigenvalue weighted by atomic mass is 9.89. The van der Waals surface area contributed by atoms with Crippen LogP contribution in [-0.2, 0) is 4.79 Å². The van der Waals surface area contributed by atoms with Gasteiger partial charge in [-0.05, 0) is 25.0 Å². The number of hydrogen-bond acceptors (Lipinski definition) is 7. The van der Waals surface area contributed by atoms with Crippen LogP contribution in [0.15, 0.2) is 34.5 Å². The number of carbonyl (C=O) groups is 1. The summed E-state index contributed by atoms with van der Waals surface area (Å²) in [5.41, 5.74) is 0.828. The molecule has 0 bridgehead atoms. The van der Waals surface area contributed by atoms with Crippen molar-refractivity contribution in [2.45, 2.75) is 43.2 Å². The van der Waals surface area contributed by atoms with Gasteiger partial charge in [-0.1, -0.05) is 43.2 Å². The van der Waals surface area contributed by atoms with Crippen LogP contribution in [0.1, 0.15) is 49.4 Å². The Morgan fingerprint density at radius 2 is 2.12 bits per heavy atom. The van der Waals surface area contributed by atoms with Gasteiger partial charge in [-0.15, -0.1) is 10.2 Å². The third kappa shape index (κ3) is 4.43. The quantitative estimate of drug-likeness (QED) is 0.545. The van der Waals surface area contributed by atoms with E-state index in [2.05, 4.69) is 15.3 Å². The van der Waals surface area contributed by atoms with Gasteiger partial charge < -0.3 is 14.6 Å². The van der Waals surface area contributed by atoms with Crippen LogP contribution in [0.5, 0.6) is 5.75 Å². The van der Waals surface area contributed by atoms with Crippen molar-refractivity contribution in [1.29, 1.82) is 0 Å². The van der Waals surface area contributed by atoms with Crippen molar-refractivity contribution in [2.75, 3.05) is 12.9 Å². The lowest BCUT2D eigenvalue weighted by Crippen LogP contribution is -2.24. The van der Waals surface area contributed by atoms with E-state index in [1.807, 2.05) is 24.3 Å². The molecule has 0 aliphatic heterocycles.